The molecule has 0 heteroatoms. The minimum atomic E-state index is 0.833. The molecule has 0 spiro atoms. The van der Waals surface area contributed by atoms with E-state index in [1.54, 1.807) is 6.08 Å². The Balaban J connectivity index is -0.000000125. The van der Waals surface area contributed by atoms with Crippen molar-refractivity contribution in [2.45, 2.75) is 67.2 Å². The fraction of sp³-hybridized carbons (Fsp3) is 0.846. The third-order valence-electron chi connectivity index (χ3n) is 0.957. The van der Waals surface area contributed by atoms with E-state index in [0.29, 0.717) is 0 Å². The maximum absolute atomic E-state index is 3.36. The molecule has 0 unspecified atom stereocenters. The molecule has 0 atom stereocenters. The first-order valence-electron chi connectivity index (χ1n) is 5.63. The third kappa shape index (κ3) is 148. The summed E-state index contributed by atoms with van der Waals surface area (Å²) in [6.45, 7) is 16.2. The molecule has 0 heterocycles. The van der Waals surface area contributed by atoms with E-state index < -0.39 is 0 Å². The van der Waals surface area contributed by atoms with Crippen LogP contribution in [0.2, 0.25) is 0 Å². The molecule has 0 amide bonds. The lowest BCUT2D eigenvalue weighted by atomic mass is 10.2. The lowest BCUT2D eigenvalue weighted by Gasteiger charge is -1.86. The van der Waals surface area contributed by atoms with Crippen molar-refractivity contribution in [2.24, 2.45) is 5.92 Å². The van der Waals surface area contributed by atoms with Gasteiger partial charge in [0.25, 0.3) is 0 Å². The molecule has 0 radical (unpaired) electrons. The largest absolute Gasteiger partial charge is 0.103 e. The van der Waals surface area contributed by atoms with Crippen LogP contribution < -0.4 is 0 Å². The van der Waals surface area contributed by atoms with E-state index in [2.05, 4.69) is 41.2 Å². The molecule has 0 N–H and O–H groups in total. The molecule has 0 bridgehead atoms. The van der Waals surface area contributed by atoms with Crippen LogP contribution in [0, 0.1) is 5.92 Å². The first-order valence-corrected chi connectivity index (χ1v) is 5.63. The van der Waals surface area contributed by atoms with Crippen LogP contribution in [0.5, 0.6) is 0 Å². The molecule has 0 aliphatic heterocycles. The second-order valence-corrected chi connectivity index (χ2v) is 3.85. The normalized spacial score (nSPS) is 7.92. The van der Waals surface area contributed by atoms with Crippen molar-refractivity contribution in [3.63, 3.8) is 0 Å². The van der Waals surface area contributed by atoms with Crippen molar-refractivity contribution >= 4 is 0 Å². The number of hydrogen-bond acceptors (Lipinski definition) is 0. The molecule has 0 aliphatic rings. The molecule has 0 nitrogen and oxygen atoms in total. The first-order chi connectivity index (χ1) is 6.06. The number of hydrogen-bond donors (Lipinski definition) is 0. The second-order valence-electron chi connectivity index (χ2n) is 3.85. The second kappa shape index (κ2) is 22.6. The SMILES string of the molecule is C=CC.CC(C)C.CCCCCC. The minimum Gasteiger partial charge on any atom is -0.103 e. The molecule has 0 fully saturated rings. The highest BCUT2D eigenvalue weighted by Gasteiger charge is 1.75. The maximum Gasteiger partial charge on any atom is -0.0473 e. The maximum atomic E-state index is 3.36. The van der Waals surface area contributed by atoms with Gasteiger partial charge < -0.3 is 0 Å². The molecule has 0 saturated heterocycles. The average molecular weight is 186 g/mol. The van der Waals surface area contributed by atoms with Gasteiger partial charge in [0.1, 0.15) is 0 Å². The van der Waals surface area contributed by atoms with Gasteiger partial charge in [-0.2, -0.15) is 0 Å². The van der Waals surface area contributed by atoms with E-state index in [0.717, 1.165) is 5.92 Å². The summed E-state index contributed by atoms with van der Waals surface area (Å²) in [4.78, 5) is 0. The zero-order valence-corrected chi connectivity index (χ0v) is 10.7. The highest BCUT2D eigenvalue weighted by molar-refractivity contribution is 4.51. The molecule has 0 aromatic heterocycles. The average Bonchev–Trinajstić information content (AvgIpc) is 2.01. The van der Waals surface area contributed by atoms with E-state index in [4.69, 9.17) is 0 Å². The first kappa shape index (κ1) is 18.5. The summed E-state index contributed by atoms with van der Waals surface area (Å²) in [7, 11) is 0. The summed E-state index contributed by atoms with van der Waals surface area (Å²) >= 11 is 0. The Hall–Kier alpha value is -0.260. The summed E-state index contributed by atoms with van der Waals surface area (Å²) in [6.07, 6.45) is 7.29. The summed E-state index contributed by atoms with van der Waals surface area (Å²) in [5, 5.41) is 0. The molecule has 0 aromatic rings. The van der Waals surface area contributed by atoms with Gasteiger partial charge in [0.2, 0.25) is 0 Å². The molecule has 0 aromatic carbocycles. The van der Waals surface area contributed by atoms with Crippen molar-refractivity contribution in [3.05, 3.63) is 12.7 Å². The molecular weight excluding hydrogens is 156 g/mol. The highest BCUT2D eigenvalue weighted by atomic mass is 13.8. The quantitative estimate of drug-likeness (QED) is 0.406. The monoisotopic (exact) mass is 186 g/mol. The Bertz CT molecular complexity index is 55.7. The standard InChI is InChI=1S/C6H14.C4H10.C3H6/c1-3-5-6-4-2;1-4(2)3;1-3-2/h3-6H2,1-2H3;4H,1-3H3;3H,1H2,2H3. The van der Waals surface area contributed by atoms with Crippen molar-refractivity contribution < 1.29 is 0 Å². The number of unbranched alkanes of at least 4 members (excludes halogenated alkanes) is 3. The van der Waals surface area contributed by atoms with Crippen LogP contribution in [0.1, 0.15) is 67.2 Å². The van der Waals surface area contributed by atoms with Crippen molar-refractivity contribution in [2.75, 3.05) is 0 Å². The third-order valence-corrected chi connectivity index (χ3v) is 0.957. The van der Waals surface area contributed by atoms with E-state index in [1.165, 1.54) is 25.7 Å². The lowest BCUT2D eigenvalue weighted by molar-refractivity contribution is 0.702. The number of rotatable bonds is 3. The Labute approximate surface area is 86.4 Å². The fourth-order valence-corrected chi connectivity index (χ4v) is 0.500. The van der Waals surface area contributed by atoms with E-state index in [1.807, 2.05) is 6.92 Å². The van der Waals surface area contributed by atoms with Gasteiger partial charge in [-0.1, -0.05) is 66.4 Å². The number of allylic oxidation sites excluding steroid dienone is 1. The summed E-state index contributed by atoms with van der Waals surface area (Å²) in [5.74, 6) is 0.833. The lowest BCUT2D eigenvalue weighted by Crippen LogP contribution is -1.66. The molecule has 0 rings (SSSR count). The molecule has 82 valence electrons. The molecular formula is C13H30. The van der Waals surface area contributed by atoms with Crippen LogP contribution in [0.25, 0.3) is 0 Å². The van der Waals surface area contributed by atoms with Crippen LogP contribution in [-0.2, 0) is 0 Å². The zero-order chi connectivity index (χ0) is 11.1. The zero-order valence-electron chi connectivity index (χ0n) is 10.7. The Morgan fingerprint density at radius 3 is 1.23 bits per heavy atom. The predicted octanol–water partition coefficient (Wildman–Crippen LogP) is 5.44. The van der Waals surface area contributed by atoms with Gasteiger partial charge in [-0.3, -0.25) is 0 Å². The molecule has 0 saturated carbocycles. The van der Waals surface area contributed by atoms with Gasteiger partial charge in [0.05, 0.1) is 0 Å². The summed E-state index contributed by atoms with van der Waals surface area (Å²) in [6, 6.07) is 0. The van der Waals surface area contributed by atoms with Crippen LogP contribution in [0.3, 0.4) is 0 Å². The van der Waals surface area contributed by atoms with E-state index >= 15 is 0 Å². The van der Waals surface area contributed by atoms with Crippen molar-refractivity contribution in [1.29, 1.82) is 0 Å². The van der Waals surface area contributed by atoms with Gasteiger partial charge in [0.15, 0.2) is 0 Å². The summed E-state index contributed by atoms with van der Waals surface area (Å²) in [5.41, 5.74) is 0. The van der Waals surface area contributed by atoms with E-state index in [9.17, 15) is 0 Å². The Morgan fingerprint density at radius 2 is 1.15 bits per heavy atom. The van der Waals surface area contributed by atoms with Crippen LogP contribution >= 0.6 is 0 Å². The smallest absolute Gasteiger partial charge is 0.0473 e. The van der Waals surface area contributed by atoms with Gasteiger partial charge in [0, 0.05) is 0 Å². The summed E-state index contributed by atoms with van der Waals surface area (Å²) < 4.78 is 0. The minimum absolute atomic E-state index is 0.833. The van der Waals surface area contributed by atoms with Crippen molar-refractivity contribution in [1.82, 2.24) is 0 Å². The topological polar surface area (TPSA) is 0 Å². The molecule has 13 heavy (non-hydrogen) atoms. The van der Waals surface area contributed by atoms with Crippen LogP contribution in [-0.4, -0.2) is 0 Å². The molecule has 0 aliphatic carbocycles. The Kier molecular flexibility index (Phi) is 32.2. The van der Waals surface area contributed by atoms with Gasteiger partial charge in [-0.05, 0) is 12.8 Å². The van der Waals surface area contributed by atoms with Gasteiger partial charge >= 0.3 is 0 Å². The Morgan fingerprint density at radius 1 is 1.00 bits per heavy atom. The van der Waals surface area contributed by atoms with E-state index in [-0.39, 0.29) is 0 Å². The van der Waals surface area contributed by atoms with Crippen molar-refractivity contribution in [3.8, 4) is 0 Å². The predicted molar refractivity (Wildman–Crippen MR) is 66.2 cm³/mol. The highest BCUT2D eigenvalue weighted by Crippen LogP contribution is 1.95. The van der Waals surface area contributed by atoms with Crippen LogP contribution in [0.4, 0.5) is 0 Å². The van der Waals surface area contributed by atoms with Gasteiger partial charge in [-0.15, -0.1) is 6.58 Å². The van der Waals surface area contributed by atoms with Gasteiger partial charge in [-0.25, -0.2) is 0 Å². The van der Waals surface area contributed by atoms with Crippen LogP contribution in [0.15, 0.2) is 12.7 Å². The fourth-order valence-electron chi connectivity index (χ4n) is 0.500.